The topological polar surface area (TPSA) is 15.3 Å². The summed E-state index contributed by atoms with van der Waals surface area (Å²) in [6.45, 7) is 8.22. The van der Waals surface area contributed by atoms with Crippen LogP contribution in [0.1, 0.15) is 27.2 Å². The third-order valence-corrected chi connectivity index (χ3v) is 3.85. The molecule has 0 amide bonds. The molecule has 2 heteroatoms. The van der Waals surface area contributed by atoms with Crippen molar-refractivity contribution < 1.29 is 0 Å². The molecule has 0 aromatic rings. The Labute approximate surface area is 76.3 Å². The van der Waals surface area contributed by atoms with Gasteiger partial charge in [-0.15, -0.1) is 0 Å². The van der Waals surface area contributed by atoms with Gasteiger partial charge in [-0.05, 0) is 46.8 Å². The Morgan fingerprint density at radius 1 is 1.42 bits per heavy atom. The van der Waals surface area contributed by atoms with Crippen molar-refractivity contribution in [2.24, 2.45) is 5.92 Å². The van der Waals surface area contributed by atoms with Gasteiger partial charge in [0.2, 0.25) is 0 Å². The van der Waals surface area contributed by atoms with Crippen molar-refractivity contribution in [3.63, 3.8) is 0 Å². The van der Waals surface area contributed by atoms with Crippen LogP contribution in [0.2, 0.25) is 0 Å². The SMILES string of the molecule is CNC1CCN(C)C(C)(C)C1C. The molecule has 2 nitrogen and oxygen atoms in total. The lowest BCUT2D eigenvalue weighted by atomic mass is 9.77. The molecule has 1 N–H and O–H groups in total. The summed E-state index contributed by atoms with van der Waals surface area (Å²) in [6, 6.07) is 0.691. The van der Waals surface area contributed by atoms with Crippen molar-refractivity contribution in [3.05, 3.63) is 0 Å². The Hall–Kier alpha value is -0.0800. The van der Waals surface area contributed by atoms with E-state index in [1.165, 1.54) is 13.0 Å². The van der Waals surface area contributed by atoms with Crippen LogP contribution in [0.15, 0.2) is 0 Å². The molecule has 2 unspecified atom stereocenters. The van der Waals surface area contributed by atoms with E-state index in [2.05, 4.69) is 45.1 Å². The molecule has 1 aliphatic heterocycles. The van der Waals surface area contributed by atoms with E-state index in [-0.39, 0.29) is 0 Å². The van der Waals surface area contributed by atoms with Crippen LogP contribution in [-0.4, -0.2) is 37.1 Å². The van der Waals surface area contributed by atoms with Gasteiger partial charge in [-0.1, -0.05) is 6.92 Å². The summed E-state index contributed by atoms with van der Waals surface area (Å²) < 4.78 is 0. The third-order valence-electron chi connectivity index (χ3n) is 3.85. The predicted molar refractivity (Wildman–Crippen MR) is 53.3 cm³/mol. The second-order valence-corrected chi connectivity index (χ2v) is 4.55. The number of nitrogens with one attached hydrogen (secondary N) is 1. The van der Waals surface area contributed by atoms with E-state index in [4.69, 9.17) is 0 Å². The number of piperidine rings is 1. The number of rotatable bonds is 1. The predicted octanol–water partition coefficient (Wildman–Crippen LogP) is 1.32. The minimum absolute atomic E-state index is 0.339. The third kappa shape index (κ3) is 1.50. The fourth-order valence-electron chi connectivity index (χ4n) is 2.11. The molecule has 0 spiro atoms. The van der Waals surface area contributed by atoms with Crippen molar-refractivity contribution >= 4 is 0 Å². The summed E-state index contributed by atoms with van der Waals surface area (Å²) in [5.74, 6) is 0.723. The van der Waals surface area contributed by atoms with Crippen LogP contribution in [0.3, 0.4) is 0 Å². The van der Waals surface area contributed by atoms with Gasteiger partial charge in [-0.3, -0.25) is 0 Å². The van der Waals surface area contributed by atoms with Crippen molar-refractivity contribution in [1.29, 1.82) is 0 Å². The number of nitrogens with zero attached hydrogens (tertiary/aromatic N) is 1. The molecule has 72 valence electrons. The molecule has 1 saturated heterocycles. The van der Waals surface area contributed by atoms with Gasteiger partial charge in [0, 0.05) is 11.6 Å². The van der Waals surface area contributed by atoms with E-state index in [9.17, 15) is 0 Å². The zero-order valence-corrected chi connectivity index (χ0v) is 9.02. The van der Waals surface area contributed by atoms with Gasteiger partial charge >= 0.3 is 0 Å². The Morgan fingerprint density at radius 2 is 2.00 bits per heavy atom. The van der Waals surface area contributed by atoms with Gasteiger partial charge in [0.15, 0.2) is 0 Å². The minimum Gasteiger partial charge on any atom is -0.317 e. The molecular weight excluding hydrogens is 148 g/mol. The highest BCUT2D eigenvalue weighted by atomic mass is 15.2. The van der Waals surface area contributed by atoms with E-state index in [0.717, 1.165) is 5.92 Å². The Bertz CT molecular complexity index is 154. The molecule has 0 saturated carbocycles. The normalized spacial score (nSPS) is 36.8. The average Bonchev–Trinajstić information content (AvgIpc) is 2.02. The maximum absolute atomic E-state index is 3.40. The molecule has 0 aliphatic carbocycles. The molecule has 1 aliphatic rings. The fourth-order valence-corrected chi connectivity index (χ4v) is 2.11. The molecule has 0 aromatic carbocycles. The first-order chi connectivity index (χ1) is 5.50. The Kier molecular flexibility index (Phi) is 2.79. The maximum Gasteiger partial charge on any atom is 0.0190 e. The van der Waals surface area contributed by atoms with Crippen LogP contribution in [0.25, 0.3) is 0 Å². The quantitative estimate of drug-likeness (QED) is 0.638. The van der Waals surface area contributed by atoms with Crippen molar-refractivity contribution in [2.75, 3.05) is 20.6 Å². The molecule has 2 atom stereocenters. The summed E-state index contributed by atoms with van der Waals surface area (Å²) in [4.78, 5) is 2.46. The van der Waals surface area contributed by atoms with Gasteiger partial charge in [-0.25, -0.2) is 0 Å². The lowest BCUT2D eigenvalue weighted by Gasteiger charge is -2.48. The highest BCUT2D eigenvalue weighted by Gasteiger charge is 2.38. The van der Waals surface area contributed by atoms with E-state index in [1.807, 2.05) is 0 Å². The van der Waals surface area contributed by atoms with Gasteiger partial charge in [0.1, 0.15) is 0 Å². The summed E-state index contributed by atoms with van der Waals surface area (Å²) in [5.41, 5.74) is 0.339. The summed E-state index contributed by atoms with van der Waals surface area (Å²) in [7, 11) is 4.30. The number of likely N-dealkylation sites (tertiary alicyclic amines) is 1. The molecule has 1 rings (SSSR count). The van der Waals surface area contributed by atoms with Gasteiger partial charge in [0.25, 0.3) is 0 Å². The van der Waals surface area contributed by atoms with Crippen LogP contribution in [0.4, 0.5) is 0 Å². The molecular formula is C10H22N2. The average molecular weight is 170 g/mol. The monoisotopic (exact) mass is 170 g/mol. The zero-order valence-electron chi connectivity index (χ0n) is 9.02. The minimum atomic E-state index is 0.339. The highest BCUT2D eigenvalue weighted by molar-refractivity contribution is 4.95. The Balaban J connectivity index is 2.71. The smallest absolute Gasteiger partial charge is 0.0190 e. The van der Waals surface area contributed by atoms with Gasteiger partial charge in [-0.2, -0.15) is 0 Å². The fraction of sp³-hybridized carbons (Fsp3) is 1.00. The zero-order chi connectivity index (χ0) is 9.35. The maximum atomic E-state index is 3.40. The molecule has 12 heavy (non-hydrogen) atoms. The second-order valence-electron chi connectivity index (χ2n) is 4.55. The van der Waals surface area contributed by atoms with E-state index in [1.54, 1.807) is 0 Å². The number of hydrogen-bond acceptors (Lipinski definition) is 2. The molecule has 0 radical (unpaired) electrons. The standard InChI is InChI=1S/C10H22N2/c1-8-9(11-4)6-7-12(5)10(8,2)3/h8-9,11H,6-7H2,1-5H3. The molecule has 0 bridgehead atoms. The molecule has 1 fully saturated rings. The van der Waals surface area contributed by atoms with Gasteiger partial charge < -0.3 is 10.2 Å². The summed E-state index contributed by atoms with van der Waals surface area (Å²) >= 11 is 0. The first-order valence-electron chi connectivity index (χ1n) is 4.88. The van der Waals surface area contributed by atoms with Crippen molar-refractivity contribution in [1.82, 2.24) is 10.2 Å². The van der Waals surface area contributed by atoms with E-state index in [0.29, 0.717) is 11.6 Å². The number of hydrogen-bond donors (Lipinski definition) is 1. The lowest BCUT2D eigenvalue weighted by Crippen LogP contribution is -2.58. The van der Waals surface area contributed by atoms with Crippen molar-refractivity contribution in [3.8, 4) is 0 Å². The summed E-state index contributed by atoms with van der Waals surface area (Å²) in [6.07, 6.45) is 1.28. The van der Waals surface area contributed by atoms with Gasteiger partial charge in [0.05, 0.1) is 0 Å². The van der Waals surface area contributed by atoms with Crippen molar-refractivity contribution in [2.45, 2.75) is 38.8 Å². The molecule has 1 heterocycles. The van der Waals surface area contributed by atoms with Crippen LogP contribution in [-0.2, 0) is 0 Å². The first-order valence-corrected chi connectivity index (χ1v) is 4.88. The van der Waals surface area contributed by atoms with E-state index >= 15 is 0 Å². The van der Waals surface area contributed by atoms with Crippen LogP contribution in [0.5, 0.6) is 0 Å². The second kappa shape index (κ2) is 3.35. The Morgan fingerprint density at radius 3 is 2.50 bits per heavy atom. The van der Waals surface area contributed by atoms with Crippen LogP contribution in [0, 0.1) is 5.92 Å². The van der Waals surface area contributed by atoms with E-state index < -0.39 is 0 Å². The molecule has 0 aromatic heterocycles. The summed E-state index contributed by atoms with van der Waals surface area (Å²) in [5, 5.41) is 3.40. The largest absolute Gasteiger partial charge is 0.317 e. The lowest BCUT2D eigenvalue weighted by molar-refractivity contribution is 0.0320. The highest BCUT2D eigenvalue weighted by Crippen LogP contribution is 2.31. The first kappa shape index (κ1) is 10.0. The van der Waals surface area contributed by atoms with Crippen LogP contribution < -0.4 is 5.32 Å². The van der Waals surface area contributed by atoms with Crippen LogP contribution >= 0.6 is 0 Å².